The number of benzene rings is 1. The molecular formula is C17H29N3OS. The highest BCUT2D eigenvalue weighted by atomic mass is 32.2. The van der Waals surface area contributed by atoms with E-state index in [1.165, 1.54) is 11.3 Å². The number of ether oxygens (including phenoxy) is 1. The van der Waals surface area contributed by atoms with E-state index in [0.717, 1.165) is 50.8 Å². The Morgan fingerprint density at radius 2 is 1.95 bits per heavy atom. The predicted octanol–water partition coefficient (Wildman–Crippen LogP) is 3.15. The van der Waals surface area contributed by atoms with Crippen molar-refractivity contribution in [3.8, 4) is 0 Å². The zero-order valence-electron chi connectivity index (χ0n) is 13.8. The normalized spacial score (nSPS) is 11.5. The van der Waals surface area contributed by atoms with Gasteiger partial charge in [0, 0.05) is 44.0 Å². The third-order valence-electron chi connectivity index (χ3n) is 3.03. The molecule has 1 rings (SSSR count). The number of aliphatic imine (C=N–C) groups is 1. The molecule has 0 bridgehead atoms. The first-order chi connectivity index (χ1) is 10.9. The largest absolute Gasteiger partial charge is 0.385 e. The van der Waals surface area contributed by atoms with E-state index in [9.17, 15) is 0 Å². The maximum atomic E-state index is 5.05. The number of nitrogens with one attached hydrogen (secondary N) is 2. The van der Waals surface area contributed by atoms with Gasteiger partial charge >= 0.3 is 0 Å². The molecule has 0 amide bonds. The maximum Gasteiger partial charge on any atom is 0.191 e. The smallest absolute Gasteiger partial charge is 0.191 e. The van der Waals surface area contributed by atoms with Crippen molar-refractivity contribution in [1.82, 2.24) is 10.6 Å². The summed E-state index contributed by atoms with van der Waals surface area (Å²) < 4.78 is 5.05. The van der Waals surface area contributed by atoms with Gasteiger partial charge in [-0.15, -0.1) is 11.8 Å². The van der Waals surface area contributed by atoms with Crippen molar-refractivity contribution >= 4 is 17.7 Å². The Hall–Kier alpha value is -1.20. The van der Waals surface area contributed by atoms with Crippen molar-refractivity contribution in [2.45, 2.75) is 31.1 Å². The molecule has 2 N–H and O–H groups in total. The zero-order valence-corrected chi connectivity index (χ0v) is 14.6. The maximum absolute atomic E-state index is 5.05. The number of nitrogens with zero attached hydrogens (tertiary/aromatic N) is 1. The number of rotatable bonds is 11. The summed E-state index contributed by atoms with van der Waals surface area (Å²) in [7, 11) is 1.75. The quantitative estimate of drug-likeness (QED) is 0.284. The molecule has 0 fully saturated rings. The molecule has 0 spiro atoms. The summed E-state index contributed by atoms with van der Waals surface area (Å²) in [5.74, 6) is 1.95. The molecular weight excluding hydrogens is 294 g/mol. The topological polar surface area (TPSA) is 45.7 Å². The Morgan fingerprint density at radius 1 is 1.14 bits per heavy atom. The summed E-state index contributed by atoms with van der Waals surface area (Å²) in [4.78, 5) is 5.91. The minimum Gasteiger partial charge on any atom is -0.385 e. The van der Waals surface area contributed by atoms with Crippen LogP contribution < -0.4 is 10.6 Å². The summed E-state index contributed by atoms with van der Waals surface area (Å²) in [6.07, 6.45) is 3.39. The van der Waals surface area contributed by atoms with Crippen LogP contribution in [0.3, 0.4) is 0 Å². The second-order valence-corrected chi connectivity index (χ2v) is 6.07. The van der Waals surface area contributed by atoms with E-state index in [2.05, 4.69) is 46.8 Å². The minimum atomic E-state index is 0.846. The Morgan fingerprint density at radius 3 is 2.68 bits per heavy atom. The van der Waals surface area contributed by atoms with Crippen LogP contribution in [0, 0.1) is 0 Å². The fourth-order valence-corrected chi connectivity index (χ4v) is 2.71. The van der Waals surface area contributed by atoms with Crippen LogP contribution in [-0.2, 0) is 4.74 Å². The molecule has 1 aromatic carbocycles. The van der Waals surface area contributed by atoms with Crippen molar-refractivity contribution in [1.29, 1.82) is 0 Å². The molecule has 0 aliphatic carbocycles. The highest BCUT2D eigenvalue weighted by Crippen LogP contribution is 2.15. The second-order valence-electron chi connectivity index (χ2n) is 4.90. The van der Waals surface area contributed by atoms with Crippen molar-refractivity contribution in [2.75, 3.05) is 39.1 Å². The first-order valence-electron chi connectivity index (χ1n) is 8.05. The summed E-state index contributed by atoms with van der Waals surface area (Å²) in [6, 6.07) is 10.5. The average molecular weight is 324 g/mol. The monoisotopic (exact) mass is 323 g/mol. The predicted molar refractivity (Wildman–Crippen MR) is 96.9 cm³/mol. The Bertz CT molecular complexity index is 398. The number of thioether (sulfide) groups is 1. The third kappa shape index (κ3) is 9.68. The molecule has 0 saturated heterocycles. The van der Waals surface area contributed by atoms with Gasteiger partial charge in [-0.25, -0.2) is 0 Å². The first kappa shape index (κ1) is 18.8. The number of guanidine groups is 1. The van der Waals surface area contributed by atoms with Crippen LogP contribution in [0.25, 0.3) is 0 Å². The lowest BCUT2D eigenvalue weighted by molar-refractivity contribution is 0.192. The van der Waals surface area contributed by atoms with E-state index in [4.69, 9.17) is 4.74 Å². The molecule has 5 heteroatoms. The van der Waals surface area contributed by atoms with Crippen LogP contribution in [-0.4, -0.2) is 45.1 Å². The molecule has 22 heavy (non-hydrogen) atoms. The highest BCUT2D eigenvalue weighted by molar-refractivity contribution is 7.99. The summed E-state index contributed by atoms with van der Waals surface area (Å²) in [5, 5.41) is 6.67. The Balaban J connectivity index is 2.16. The lowest BCUT2D eigenvalue weighted by atomic mass is 10.2. The zero-order chi connectivity index (χ0) is 15.9. The number of unbranched alkanes of at least 4 members (excludes halogenated alkanes) is 2. The number of hydrogen-bond acceptors (Lipinski definition) is 3. The van der Waals surface area contributed by atoms with Crippen LogP contribution in [0.4, 0.5) is 0 Å². The van der Waals surface area contributed by atoms with Gasteiger partial charge in [0.25, 0.3) is 0 Å². The van der Waals surface area contributed by atoms with Crippen LogP contribution in [0.2, 0.25) is 0 Å². The van der Waals surface area contributed by atoms with Gasteiger partial charge < -0.3 is 15.4 Å². The van der Waals surface area contributed by atoms with Crippen LogP contribution in [0.15, 0.2) is 40.2 Å². The third-order valence-corrected chi connectivity index (χ3v) is 4.04. The highest BCUT2D eigenvalue weighted by Gasteiger charge is 1.97. The number of hydrogen-bond donors (Lipinski definition) is 2. The second kappa shape index (κ2) is 13.5. The Labute approximate surface area is 139 Å². The van der Waals surface area contributed by atoms with Gasteiger partial charge in [0.05, 0.1) is 0 Å². The van der Waals surface area contributed by atoms with E-state index in [1.807, 2.05) is 17.8 Å². The molecule has 0 aliphatic rings. The van der Waals surface area contributed by atoms with E-state index in [1.54, 1.807) is 7.11 Å². The standard InChI is InChI=1S/C17H29N3OS/c1-3-18-17(19-12-8-5-9-14-21-2)20-13-15-22-16-10-6-4-7-11-16/h4,6-7,10-11H,3,5,8-9,12-15H2,1-2H3,(H2,18,19,20). The minimum absolute atomic E-state index is 0.846. The SMILES string of the molecule is CCNC(=NCCCCCOC)NCCSc1ccccc1. The van der Waals surface area contributed by atoms with E-state index < -0.39 is 0 Å². The van der Waals surface area contributed by atoms with Crippen LogP contribution >= 0.6 is 11.8 Å². The van der Waals surface area contributed by atoms with Gasteiger partial charge in [-0.1, -0.05) is 18.2 Å². The summed E-state index contributed by atoms with van der Waals surface area (Å²) >= 11 is 1.86. The first-order valence-corrected chi connectivity index (χ1v) is 9.04. The van der Waals surface area contributed by atoms with E-state index >= 15 is 0 Å². The fraction of sp³-hybridized carbons (Fsp3) is 0.588. The molecule has 0 radical (unpaired) electrons. The van der Waals surface area contributed by atoms with Crippen molar-refractivity contribution in [3.63, 3.8) is 0 Å². The van der Waals surface area contributed by atoms with Gasteiger partial charge in [0.2, 0.25) is 0 Å². The number of methoxy groups -OCH3 is 1. The van der Waals surface area contributed by atoms with E-state index in [-0.39, 0.29) is 0 Å². The molecule has 0 saturated carbocycles. The molecule has 0 atom stereocenters. The molecule has 0 aromatic heterocycles. The fourth-order valence-electron chi connectivity index (χ4n) is 1.92. The van der Waals surface area contributed by atoms with Gasteiger partial charge in [-0.2, -0.15) is 0 Å². The van der Waals surface area contributed by atoms with Crippen molar-refractivity contribution in [2.24, 2.45) is 4.99 Å². The molecule has 0 unspecified atom stereocenters. The van der Waals surface area contributed by atoms with Gasteiger partial charge in [-0.3, -0.25) is 4.99 Å². The average Bonchev–Trinajstić information content (AvgIpc) is 2.55. The lowest BCUT2D eigenvalue weighted by Gasteiger charge is -2.11. The Kier molecular flexibility index (Phi) is 11.5. The van der Waals surface area contributed by atoms with Gasteiger partial charge in [-0.05, 0) is 38.3 Å². The van der Waals surface area contributed by atoms with Crippen molar-refractivity contribution < 1.29 is 4.74 Å². The molecule has 4 nitrogen and oxygen atoms in total. The summed E-state index contributed by atoms with van der Waals surface area (Å²) in [5.41, 5.74) is 0. The molecule has 0 aliphatic heterocycles. The van der Waals surface area contributed by atoms with Crippen LogP contribution in [0.1, 0.15) is 26.2 Å². The van der Waals surface area contributed by atoms with Crippen LogP contribution in [0.5, 0.6) is 0 Å². The lowest BCUT2D eigenvalue weighted by Crippen LogP contribution is -2.38. The van der Waals surface area contributed by atoms with Gasteiger partial charge in [0.1, 0.15) is 0 Å². The van der Waals surface area contributed by atoms with Gasteiger partial charge in [0.15, 0.2) is 5.96 Å². The molecule has 0 heterocycles. The van der Waals surface area contributed by atoms with Crippen molar-refractivity contribution in [3.05, 3.63) is 30.3 Å². The summed E-state index contributed by atoms with van der Waals surface area (Å²) in [6.45, 7) is 5.61. The van der Waals surface area contributed by atoms with E-state index in [0.29, 0.717) is 0 Å². The molecule has 1 aromatic rings. The molecule has 124 valence electrons.